The maximum Gasteiger partial charge on any atom is 0.258 e. The molecule has 0 unspecified atom stereocenters. The zero-order valence-corrected chi connectivity index (χ0v) is 13.4. The number of hydrogen-bond acceptors (Lipinski definition) is 2. The van der Waals surface area contributed by atoms with E-state index in [2.05, 4.69) is 19.2 Å². The second-order valence-corrected chi connectivity index (χ2v) is 5.47. The van der Waals surface area contributed by atoms with Gasteiger partial charge in [0, 0.05) is 0 Å². The summed E-state index contributed by atoms with van der Waals surface area (Å²) in [6.45, 7) is 6.18. The maximum atomic E-state index is 12.1. The van der Waals surface area contributed by atoms with Crippen molar-refractivity contribution in [2.24, 2.45) is 0 Å². The van der Waals surface area contributed by atoms with Crippen LogP contribution in [-0.2, 0) is 4.79 Å². The average Bonchev–Trinajstić information content (AvgIpc) is 2.54. The van der Waals surface area contributed by atoms with E-state index in [0.29, 0.717) is 0 Å². The minimum absolute atomic E-state index is 0.0250. The van der Waals surface area contributed by atoms with Crippen LogP contribution in [0, 0.1) is 13.8 Å². The number of rotatable bonds is 6. The summed E-state index contributed by atoms with van der Waals surface area (Å²) >= 11 is 0. The molecule has 2 aromatic rings. The molecule has 0 spiro atoms. The minimum Gasteiger partial charge on any atom is -0.484 e. The Morgan fingerprint density at radius 2 is 1.82 bits per heavy atom. The highest BCUT2D eigenvalue weighted by molar-refractivity contribution is 5.78. The summed E-state index contributed by atoms with van der Waals surface area (Å²) in [5.41, 5.74) is 3.49. The Bertz CT molecular complexity index is 623. The molecule has 22 heavy (non-hydrogen) atoms. The quantitative estimate of drug-likeness (QED) is 0.876. The van der Waals surface area contributed by atoms with Crippen molar-refractivity contribution in [2.45, 2.75) is 33.2 Å². The zero-order chi connectivity index (χ0) is 15.9. The first-order valence-electron chi connectivity index (χ1n) is 7.64. The van der Waals surface area contributed by atoms with Crippen LogP contribution in [0.5, 0.6) is 5.75 Å². The van der Waals surface area contributed by atoms with Crippen LogP contribution in [0.4, 0.5) is 0 Å². The Labute approximate surface area is 132 Å². The Morgan fingerprint density at radius 1 is 1.09 bits per heavy atom. The van der Waals surface area contributed by atoms with E-state index in [9.17, 15) is 4.79 Å². The topological polar surface area (TPSA) is 38.3 Å². The molecule has 0 fully saturated rings. The zero-order valence-electron chi connectivity index (χ0n) is 13.4. The monoisotopic (exact) mass is 297 g/mol. The smallest absolute Gasteiger partial charge is 0.258 e. The van der Waals surface area contributed by atoms with Gasteiger partial charge in [0.2, 0.25) is 0 Å². The van der Waals surface area contributed by atoms with Gasteiger partial charge in [-0.15, -0.1) is 0 Å². The molecule has 3 nitrogen and oxygen atoms in total. The summed E-state index contributed by atoms with van der Waals surface area (Å²) in [6.07, 6.45) is 0.847. The lowest BCUT2D eigenvalue weighted by Crippen LogP contribution is -2.32. The number of aryl methyl sites for hydroxylation is 2. The van der Waals surface area contributed by atoms with Crippen LogP contribution in [0.15, 0.2) is 48.5 Å². The first kappa shape index (κ1) is 16.1. The number of benzene rings is 2. The molecule has 1 amide bonds. The number of amides is 1. The SMILES string of the molecule is CC[C@@H](NC(=O)COc1ccc(C)c(C)c1)c1ccccc1. The van der Waals surface area contributed by atoms with Gasteiger partial charge in [-0.3, -0.25) is 4.79 Å². The lowest BCUT2D eigenvalue weighted by Gasteiger charge is -2.17. The van der Waals surface area contributed by atoms with E-state index >= 15 is 0 Å². The van der Waals surface area contributed by atoms with Crippen LogP contribution in [0.3, 0.4) is 0 Å². The number of carbonyl (C=O) groups excluding carboxylic acids is 1. The second kappa shape index (κ2) is 7.64. The number of ether oxygens (including phenoxy) is 1. The lowest BCUT2D eigenvalue weighted by molar-refractivity contribution is -0.123. The number of hydrogen-bond donors (Lipinski definition) is 1. The molecule has 0 aliphatic rings. The van der Waals surface area contributed by atoms with Crippen LogP contribution in [0.1, 0.15) is 36.1 Å². The molecule has 0 aromatic heterocycles. The Kier molecular flexibility index (Phi) is 5.59. The van der Waals surface area contributed by atoms with Crippen molar-refractivity contribution < 1.29 is 9.53 Å². The molecule has 2 rings (SSSR count). The van der Waals surface area contributed by atoms with Gasteiger partial charge in [0.25, 0.3) is 5.91 Å². The predicted octanol–water partition coefficient (Wildman–Crippen LogP) is 3.95. The third-order valence-corrected chi connectivity index (χ3v) is 3.79. The van der Waals surface area contributed by atoms with Crippen molar-refractivity contribution in [2.75, 3.05) is 6.61 Å². The maximum absolute atomic E-state index is 12.1. The molecule has 1 N–H and O–H groups in total. The molecular formula is C19H23NO2. The van der Waals surface area contributed by atoms with Gasteiger partial charge in [-0.2, -0.15) is 0 Å². The highest BCUT2D eigenvalue weighted by Gasteiger charge is 2.12. The summed E-state index contributed by atoms with van der Waals surface area (Å²) < 4.78 is 5.57. The van der Waals surface area contributed by atoms with Gasteiger partial charge in [-0.25, -0.2) is 0 Å². The van der Waals surface area contributed by atoms with Crippen molar-refractivity contribution in [3.63, 3.8) is 0 Å². The molecule has 3 heteroatoms. The highest BCUT2D eigenvalue weighted by Crippen LogP contribution is 2.17. The third-order valence-electron chi connectivity index (χ3n) is 3.79. The van der Waals surface area contributed by atoms with Gasteiger partial charge in [-0.1, -0.05) is 43.3 Å². The van der Waals surface area contributed by atoms with E-state index in [0.717, 1.165) is 23.3 Å². The van der Waals surface area contributed by atoms with Gasteiger partial charge in [-0.05, 0) is 49.1 Å². The minimum atomic E-state index is -0.103. The molecule has 0 aliphatic carbocycles. The fourth-order valence-corrected chi connectivity index (χ4v) is 2.30. The van der Waals surface area contributed by atoms with Crippen LogP contribution in [0.25, 0.3) is 0 Å². The van der Waals surface area contributed by atoms with Gasteiger partial charge < -0.3 is 10.1 Å². The van der Waals surface area contributed by atoms with Gasteiger partial charge in [0.15, 0.2) is 6.61 Å². The Morgan fingerprint density at radius 3 is 2.45 bits per heavy atom. The molecule has 0 bridgehead atoms. The largest absolute Gasteiger partial charge is 0.484 e. The average molecular weight is 297 g/mol. The molecule has 1 atom stereocenters. The van der Waals surface area contributed by atoms with E-state index in [-0.39, 0.29) is 18.6 Å². The summed E-state index contributed by atoms with van der Waals surface area (Å²) in [7, 11) is 0. The van der Waals surface area contributed by atoms with E-state index in [1.54, 1.807) is 0 Å². The molecule has 0 saturated heterocycles. The first-order chi connectivity index (χ1) is 10.6. The third kappa shape index (κ3) is 4.35. The van der Waals surface area contributed by atoms with Crippen molar-refractivity contribution in [3.8, 4) is 5.75 Å². The van der Waals surface area contributed by atoms with Crippen LogP contribution >= 0.6 is 0 Å². The summed E-state index contributed by atoms with van der Waals surface area (Å²) in [4.78, 5) is 12.1. The van der Waals surface area contributed by atoms with E-state index in [4.69, 9.17) is 4.74 Å². The van der Waals surface area contributed by atoms with Crippen molar-refractivity contribution >= 4 is 5.91 Å². The Hall–Kier alpha value is -2.29. The standard InChI is InChI=1S/C19H23NO2/c1-4-18(16-8-6-5-7-9-16)20-19(21)13-22-17-11-10-14(2)15(3)12-17/h5-12,18H,4,13H2,1-3H3,(H,20,21)/t18-/m1/s1. The fourth-order valence-electron chi connectivity index (χ4n) is 2.30. The van der Waals surface area contributed by atoms with Gasteiger partial charge >= 0.3 is 0 Å². The molecule has 0 heterocycles. The molecular weight excluding hydrogens is 274 g/mol. The molecule has 116 valence electrons. The van der Waals surface area contributed by atoms with Gasteiger partial charge in [0.1, 0.15) is 5.75 Å². The summed E-state index contributed by atoms with van der Waals surface area (Å²) in [6, 6.07) is 15.9. The van der Waals surface area contributed by atoms with Gasteiger partial charge in [0.05, 0.1) is 6.04 Å². The molecule has 0 aliphatic heterocycles. The van der Waals surface area contributed by atoms with Crippen molar-refractivity contribution in [1.82, 2.24) is 5.32 Å². The van der Waals surface area contributed by atoms with E-state index in [1.807, 2.05) is 55.5 Å². The van der Waals surface area contributed by atoms with E-state index < -0.39 is 0 Å². The predicted molar refractivity (Wildman–Crippen MR) is 89.0 cm³/mol. The first-order valence-corrected chi connectivity index (χ1v) is 7.64. The molecule has 2 aromatic carbocycles. The molecule has 0 saturated carbocycles. The highest BCUT2D eigenvalue weighted by atomic mass is 16.5. The van der Waals surface area contributed by atoms with Crippen LogP contribution in [0.2, 0.25) is 0 Å². The summed E-state index contributed by atoms with van der Waals surface area (Å²) in [5.74, 6) is 0.625. The summed E-state index contributed by atoms with van der Waals surface area (Å²) in [5, 5.41) is 3.02. The van der Waals surface area contributed by atoms with Crippen LogP contribution in [-0.4, -0.2) is 12.5 Å². The fraction of sp³-hybridized carbons (Fsp3) is 0.316. The van der Waals surface area contributed by atoms with Crippen LogP contribution < -0.4 is 10.1 Å². The lowest BCUT2D eigenvalue weighted by atomic mass is 10.0. The van der Waals surface area contributed by atoms with Crippen molar-refractivity contribution in [3.05, 3.63) is 65.2 Å². The number of carbonyl (C=O) groups is 1. The van der Waals surface area contributed by atoms with Crippen molar-refractivity contribution in [1.29, 1.82) is 0 Å². The molecule has 0 radical (unpaired) electrons. The second-order valence-electron chi connectivity index (χ2n) is 5.47. The normalized spacial score (nSPS) is 11.8. The number of nitrogens with one attached hydrogen (secondary N) is 1. The Balaban J connectivity index is 1.90. The van der Waals surface area contributed by atoms with E-state index in [1.165, 1.54) is 5.56 Å².